The normalized spacial score (nSPS) is 11.9. The van der Waals surface area contributed by atoms with Gasteiger partial charge in [-0.05, 0) is 47.5 Å². The van der Waals surface area contributed by atoms with Gasteiger partial charge >= 0.3 is 0 Å². The zero-order chi connectivity index (χ0) is 19.5. The molecular formula is C23H21N3O2. The lowest BCUT2D eigenvalue weighted by Crippen LogP contribution is -2.19. The van der Waals surface area contributed by atoms with E-state index in [1.165, 1.54) is 0 Å². The van der Waals surface area contributed by atoms with Gasteiger partial charge < -0.3 is 10.1 Å². The van der Waals surface area contributed by atoms with E-state index in [4.69, 9.17) is 4.74 Å². The van der Waals surface area contributed by atoms with E-state index in [0.29, 0.717) is 5.82 Å². The third kappa shape index (κ3) is 3.60. The van der Waals surface area contributed by atoms with Crippen LogP contribution in [0, 0.1) is 0 Å². The van der Waals surface area contributed by atoms with Gasteiger partial charge in [0.05, 0.1) is 18.7 Å². The fourth-order valence-electron chi connectivity index (χ4n) is 3.14. The maximum absolute atomic E-state index is 12.7. The van der Waals surface area contributed by atoms with Gasteiger partial charge in [-0.1, -0.05) is 42.5 Å². The number of nitrogens with zero attached hydrogens (tertiary/aromatic N) is 2. The maximum atomic E-state index is 12.7. The molecule has 0 aliphatic rings. The maximum Gasteiger partial charge on any atom is 0.232 e. The summed E-state index contributed by atoms with van der Waals surface area (Å²) in [7, 11) is 1.65. The van der Waals surface area contributed by atoms with Crippen LogP contribution < -0.4 is 10.1 Å². The number of hydrogen-bond donors (Lipinski definition) is 1. The van der Waals surface area contributed by atoms with Gasteiger partial charge in [-0.3, -0.25) is 4.79 Å². The number of hydrogen-bond acceptors (Lipinski definition) is 3. The van der Waals surface area contributed by atoms with Crippen molar-refractivity contribution in [3.05, 3.63) is 84.6 Å². The molecule has 4 rings (SSSR count). The molecule has 0 bridgehead atoms. The largest absolute Gasteiger partial charge is 0.497 e. The first kappa shape index (κ1) is 17.8. The fraction of sp³-hybridized carbons (Fsp3) is 0.130. The van der Waals surface area contributed by atoms with Gasteiger partial charge in [0.2, 0.25) is 5.91 Å². The van der Waals surface area contributed by atoms with Crippen molar-refractivity contribution < 1.29 is 9.53 Å². The summed E-state index contributed by atoms with van der Waals surface area (Å²) in [6, 6.07) is 23.5. The molecule has 0 fully saturated rings. The summed E-state index contributed by atoms with van der Waals surface area (Å²) >= 11 is 0. The molecule has 0 unspecified atom stereocenters. The van der Waals surface area contributed by atoms with Crippen molar-refractivity contribution in [2.75, 3.05) is 12.4 Å². The van der Waals surface area contributed by atoms with Crippen LogP contribution in [-0.2, 0) is 4.79 Å². The highest BCUT2D eigenvalue weighted by Gasteiger charge is 2.17. The molecule has 0 radical (unpaired) electrons. The number of methoxy groups -OCH3 is 1. The van der Waals surface area contributed by atoms with Crippen LogP contribution in [0.3, 0.4) is 0 Å². The number of rotatable bonds is 5. The minimum atomic E-state index is -0.298. The monoisotopic (exact) mass is 371 g/mol. The Hall–Kier alpha value is -3.60. The van der Waals surface area contributed by atoms with Crippen molar-refractivity contribution in [2.24, 2.45) is 0 Å². The van der Waals surface area contributed by atoms with Gasteiger partial charge in [0.15, 0.2) is 5.82 Å². The SMILES string of the molecule is COc1ccc2cc([C@H](C)C(=O)Nc3ccn(-c4ccccc4)n3)ccc2c1. The summed E-state index contributed by atoms with van der Waals surface area (Å²) in [6.45, 7) is 1.90. The zero-order valence-corrected chi connectivity index (χ0v) is 15.8. The van der Waals surface area contributed by atoms with Crippen LogP contribution in [0.4, 0.5) is 5.82 Å². The molecule has 4 aromatic rings. The molecule has 1 atom stereocenters. The molecule has 3 aromatic carbocycles. The number of carbonyl (C=O) groups is 1. The number of anilines is 1. The van der Waals surface area contributed by atoms with Crippen molar-refractivity contribution in [1.29, 1.82) is 0 Å². The van der Waals surface area contributed by atoms with Gasteiger partial charge in [-0.25, -0.2) is 4.68 Å². The van der Waals surface area contributed by atoms with E-state index in [1.807, 2.05) is 79.9 Å². The second-order valence-electron chi connectivity index (χ2n) is 6.66. The smallest absolute Gasteiger partial charge is 0.232 e. The van der Waals surface area contributed by atoms with Crippen LogP contribution in [0.25, 0.3) is 16.5 Å². The number of fused-ring (bicyclic) bond motifs is 1. The van der Waals surface area contributed by atoms with Crippen molar-refractivity contribution in [3.8, 4) is 11.4 Å². The van der Waals surface area contributed by atoms with Gasteiger partial charge in [-0.15, -0.1) is 0 Å². The van der Waals surface area contributed by atoms with Gasteiger partial charge in [0.1, 0.15) is 5.75 Å². The Balaban J connectivity index is 1.50. The van der Waals surface area contributed by atoms with Gasteiger partial charge in [0.25, 0.3) is 0 Å². The minimum absolute atomic E-state index is 0.0915. The van der Waals surface area contributed by atoms with Gasteiger partial charge in [-0.2, -0.15) is 5.10 Å². The minimum Gasteiger partial charge on any atom is -0.497 e. The highest BCUT2D eigenvalue weighted by molar-refractivity contribution is 5.96. The quantitative estimate of drug-likeness (QED) is 0.549. The van der Waals surface area contributed by atoms with E-state index < -0.39 is 0 Å². The van der Waals surface area contributed by atoms with Crippen LogP contribution in [-0.4, -0.2) is 22.8 Å². The molecule has 28 heavy (non-hydrogen) atoms. The summed E-state index contributed by atoms with van der Waals surface area (Å²) in [5.74, 6) is 0.964. The summed E-state index contributed by atoms with van der Waals surface area (Å²) in [4.78, 5) is 12.7. The lowest BCUT2D eigenvalue weighted by atomic mass is 9.97. The Morgan fingerprint density at radius 3 is 2.54 bits per heavy atom. The molecule has 0 aliphatic carbocycles. The van der Waals surface area contributed by atoms with Crippen LogP contribution in [0.5, 0.6) is 5.75 Å². The van der Waals surface area contributed by atoms with E-state index in [1.54, 1.807) is 17.9 Å². The summed E-state index contributed by atoms with van der Waals surface area (Å²) < 4.78 is 7.01. The number of para-hydroxylation sites is 1. The van der Waals surface area contributed by atoms with Crippen molar-refractivity contribution in [3.63, 3.8) is 0 Å². The lowest BCUT2D eigenvalue weighted by molar-refractivity contribution is -0.117. The number of aromatic nitrogens is 2. The third-order valence-corrected chi connectivity index (χ3v) is 4.83. The zero-order valence-electron chi connectivity index (χ0n) is 15.8. The first-order chi connectivity index (χ1) is 13.6. The first-order valence-corrected chi connectivity index (χ1v) is 9.14. The Morgan fingerprint density at radius 2 is 1.75 bits per heavy atom. The molecule has 1 aromatic heterocycles. The number of ether oxygens (including phenoxy) is 1. The predicted octanol–water partition coefficient (Wildman–Crippen LogP) is 4.78. The second-order valence-corrected chi connectivity index (χ2v) is 6.66. The van der Waals surface area contributed by atoms with Crippen molar-refractivity contribution in [1.82, 2.24) is 9.78 Å². The average molecular weight is 371 g/mol. The average Bonchev–Trinajstić information content (AvgIpc) is 3.21. The number of carbonyl (C=O) groups excluding carboxylic acids is 1. The molecule has 1 heterocycles. The standard InChI is InChI=1S/C23H21N3O2/c1-16(17-8-9-19-15-21(28-2)11-10-18(19)14-17)23(27)24-22-12-13-26(25-22)20-6-4-3-5-7-20/h3-16H,1-2H3,(H,24,25,27)/t16-/m0/s1. The van der Waals surface area contributed by atoms with Crippen molar-refractivity contribution in [2.45, 2.75) is 12.8 Å². The van der Waals surface area contributed by atoms with E-state index >= 15 is 0 Å². The second kappa shape index (κ2) is 7.56. The Kier molecular flexibility index (Phi) is 4.81. The number of amides is 1. The van der Waals surface area contributed by atoms with Crippen LogP contribution in [0.1, 0.15) is 18.4 Å². The first-order valence-electron chi connectivity index (χ1n) is 9.14. The number of benzene rings is 3. The van der Waals surface area contributed by atoms with E-state index in [-0.39, 0.29) is 11.8 Å². The molecule has 140 valence electrons. The molecular weight excluding hydrogens is 350 g/mol. The summed E-state index contributed by atoms with van der Waals surface area (Å²) in [5, 5.41) is 9.50. The molecule has 5 nitrogen and oxygen atoms in total. The predicted molar refractivity (Wildman–Crippen MR) is 111 cm³/mol. The molecule has 5 heteroatoms. The lowest BCUT2D eigenvalue weighted by Gasteiger charge is -2.12. The molecule has 0 aliphatic heterocycles. The molecule has 0 saturated carbocycles. The van der Waals surface area contributed by atoms with E-state index in [2.05, 4.69) is 10.4 Å². The summed E-state index contributed by atoms with van der Waals surface area (Å²) in [6.07, 6.45) is 1.83. The molecule has 0 spiro atoms. The topological polar surface area (TPSA) is 56.1 Å². The van der Waals surface area contributed by atoms with Crippen molar-refractivity contribution >= 4 is 22.5 Å². The van der Waals surface area contributed by atoms with Crippen LogP contribution >= 0.6 is 0 Å². The third-order valence-electron chi connectivity index (χ3n) is 4.83. The highest BCUT2D eigenvalue weighted by atomic mass is 16.5. The highest BCUT2D eigenvalue weighted by Crippen LogP contribution is 2.26. The van der Waals surface area contributed by atoms with Crippen LogP contribution in [0.15, 0.2) is 79.0 Å². The van der Waals surface area contributed by atoms with E-state index in [9.17, 15) is 4.79 Å². The number of nitrogens with one attached hydrogen (secondary N) is 1. The molecule has 1 amide bonds. The Bertz CT molecular complexity index is 1120. The Morgan fingerprint density at radius 1 is 1.00 bits per heavy atom. The molecule has 0 saturated heterocycles. The van der Waals surface area contributed by atoms with E-state index in [0.717, 1.165) is 27.8 Å². The Labute approximate surface area is 163 Å². The molecule has 1 N–H and O–H groups in total. The summed E-state index contributed by atoms with van der Waals surface area (Å²) in [5.41, 5.74) is 1.90. The fourth-order valence-corrected chi connectivity index (χ4v) is 3.14. The van der Waals surface area contributed by atoms with Crippen LogP contribution in [0.2, 0.25) is 0 Å². The van der Waals surface area contributed by atoms with Gasteiger partial charge in [0, 0.05) is 12.3 Å².